The quantitative estimate of drug-likeness (QED) is 0.847. The van der Waals surface area contributed by atoms with Crippen LogP contribution in [0, 0.1) is 6.92 Å². The Kier molecular flexibility index (Phi) is 5.38. The molecule has 146 valence electrons. The Morgan fingerprint density at radius 2 is 1.77 bits per heavy atom. The van der Waals surface area contributed by atoms with E-state index in [9.17, 15) is 12.6 Å². The van der Waals surface area contributed by atoms with Gasteiger partial charge in [0.25, 0.3) is 0 Å². The highest BCUT2D eigenvalue weighted by atomic mass is 32.2. The molecular weight excluding hydrogens is 368 g/mol. The molecule has 3 rings (SSSR count). The van der Waals surface area contributed by atoms with Crippen molar-refractivity contribution in [1.82, 2.24) is 9.03 Å². The summed E-state index contributed by atoms with van der Waals surface area (Å²) in [5, 5.41) is 0. The first-order chi connectivity index (χ1) is 12.0. The molecule has 0 aromatic heterocycles. The van der Waals surface area contributed by atoms with Crippen molar-refractivity contribution in [1.29, 1.82) is 0 Å². The van der Waals surface area contributed by atoms with Crippen molar-refractivity contribution in [3.05, 3.63) is 29.8 Å². The number of hydrogen-bond donors (Lipinski definition) is 1. The van der Waals surface area contributed by atoms with Gasteiger partial charge in [-0.15, -0.1) is 0 Å². The number of aryl methyl sites for hydroxylation is 1. The van der Waals surface area contributed by atoms with Crippen LogP contribution in [-0.2, 0) is 21.0 Å². The van der Waals surface area contributed by atoms with E-state index in [1.54, 1.807) is 16.4 Å². The minimum Gasteiger partial charge on any atom is -0.242 e. The van der Waals surface area contributed by atoms with Crippen molar-refractivity contribution in [3.63, 3.8) is 0 Å². The second-order valence-corrected chi connectivity index (χ2v) is 12.5. The lowest BCUT2D eigenvalue weighted by Crippen LogP contribution is -2.63. The first kappa shape index (κ1) is 20.0. The highest BCUT2D eigenvalue weighted by molar-refractivity contribution is 7.89. The van der Waals surface area contributed by atoms with Gasteiger partial charge in [-0.25, -0.2) is 17.3 Å². The molecule has 2 aliphatic rings. The predicted molar refractivity (Wildman–Crippen MR) is 106 cm³/mol. The molecule has 0 radical (unpaired) electrons. The van der Waals surface area contributed by atoms with E-state index in [0.29, 0.717) is 11.4 Å². The number of sulfonamides is 1. The molecule has 1 aliphatic carbocycles. The van der Waals surface area contributed by atoms with Gasteiger partial charge in [0.05, 0.1) is 20.6 Å². The summed E-state index contributed by atoms with van der Waals surface area (Å²) in [5.74, 6) is 0. The lowest BCUT2D eigenvalue weighted by Gasteiger charge is -2.53. The summed E-state index contributed by atoms with van der Waals surface area (Å²) < 4.78 is 43.7. The number of rotatable bonds is 4. The molecule has 2 fully saturated rings. The van der Waals surface area contributed by atoms with Crippen LogP contribution in [0.1, 0.15) is 58.4 Å². The van der Waals surface area contributed by atoms with Gasteiger partial charge in [0.15, 0.2) is 0 Å². The zero-order valence-electron chi connectivity index (χ0n) is 16.1. The topological polar surface area (TPSA) is 66.5 Å². The number of nitrogens with zero attached hydrogens (tertiary/aromatic N) is 1. The molecule has 1 heterocycles. The molecule has 0 bridgehead atoms. The summed E-state index contributed by atoms with van der Waals surface area (Å²) in [6.07, 6.45) is 4.62. The van der Waals surface area contributed by atoms with E-state index in [0.717, 1.165) is 37.7 Å². The first-order valence-electron chi connectivity index (χ1n) is 9.32. The van der Waals surface area contributed by atoms with Crippen molar-refractivity contribution in [2.24, 2.45) is 0 Å². The third kappa shape index (κ3) is 3.77. The summed E-state index contributed by atoms with van der Waals surface area (Å²) in [7, 11) is -4.76. The van der Waals surface area contributed by atoms with Crippen LogP contribution < -0.4 is 4.72 Å². The van der Waals surface area contributed by atoms with Gasteiger partial charge in [-0.1, -0.05) is 17.7 Å². The smallest absolute Gasteiger partial charge is 0.242 e. The average Bonchev–Trinajstić information content (AvgIpc) is 2.53. The van der Waals surface area contributed by atoms with Crippen LogP contribution in [0.15, 0.2) is 29.2 Å². The molecule has 7 heteroatoms. The Morgan fingerprint density at radius 3 is 2.27 bits per heavy atom. The van der Waals surface area contributed by atoms with Crippen LogP contribution in [-0.4, -0.2) is 39.8 Å². The molecule has 1 aromatic rings. The Hall–Kier alpha value is -0.760. The van der Waals surface area contributed by atoms with Crippen LogP contribution in [0.3, 0.4) is 0 Å². The fraction of sp³-hybridized carbons (Fsp3) is 0.684. The second kappa shape index (κ2) is 7.00. The van der Waals surface area contributed by atoms with Crippen molar-refractivity contribution in [2.75, 3.05) is 6.54 Å². The van der Waals surface area contributed by atoms with E-state index in [1.807, 2.05) is 39.8 Å². The standard InChI is InChI=1S/C19H30N2O3S2/c1-15-6-8-17(9-7-15)26(23,24)21-14-16(20-25(22)18(2,3)4)10-13-19(21)11-5-12-19/h6-9,16,20H,5,10-14H2,1-4H3/t16-,25-/m1/s1. The van der Waals surface area contributed by atoms with Gasteiger partial charge >= 0.3 is 0 Å². The molecule has 1 spiro atoms. The van der Waals surface area contributed by atoms with Gasteiger partial charge in [-0.05, 0) is 71.9 Å². The molecule has 1 saturated heterocycles. The first-order valence-corrected chi connectivity index (χ1v) is 11.9. The van der Waals surface area contributed by atoms with Crippen LogP contribution in [0.25, 0.3) is 0 Å². The predicted octanol–water partition coefficient (Wildman–Crippen LogP) is 3.12. The number of nitrogens with one attached hydrogen (secondary N) is 1. The van der Waals surface area contributed by atoms with E-state index >= 15 is 0 Å². The largest absolute Gasteiger partial charge is 0.243 e. The number of benzene rings is 1. The molecule has 1 aliphatic heterocycles. The minimum absolute atomic E-state index is 0.0819. The monoisotopic (exact) mass is 398 g/mol. The highest BCUT2D eigenvalue weighted by Crippen LogP contribution is 2.47. The normalized spacial score (nSPS) is 25.0. The van der Waals surface area contributed by atoms with Gasteiger partial charge in [0.2, 0.25) is 10.0 Å². The Morgan fingerprint density at radius 1 is 1.15 bits per heavy atom. The summed E-state index contributed by atoms with van der Waals surface area (Å²) in [4.78, 5) is 0.354. The fourth-order valence-corrected chi connectivity index (χ4v) is 6.50. The van der Waals surface area contributed by atoms with Crippen molar-refractivity contribution in [2.45, 2.75) is 81.0 Å². The molecule has 1 N–H and O–H groups in total. The molecule has 26 heavy (non-hydrogen) atoms. The Balaban J connectivity index is 1.86. The summed E-state index contributed by atoms with van der Waals surface area (Å²) in [6, 6.07) is 6.99. The summed E-state index contributed by atoms with van der Waals surface area (Å²) in [6.45, 7) is 8.11. The van der Waals surface area contributed by atoms with E-state index < -0.39 is 21.0 Å². The van der Waals surface area contributed by atoms with E-state index in [-0.39, 0.29) is 16.3 Å². The zero-order chi connectivity index (χ0) is 19.2. The van der Waals surface area contributed by atoms with Crippen LogP contribution in [0.5, 0.6) is 0 Å². The van der Waals surface area contributed by atoms with E-state index in [4.69, 9.17) is 0 Å². The summed E-state index contributed by atoms with van der Waals surface area (Å²) >= 11 is 0. The Labute approximate surface area is 160 Å². The van der Waals surface area contributed by atoms with Gasteiger partial charge in [-0.3, -0.25) is 0 Å². The fourth-order valence-electron chi connectivity index (χ4n) is 3.75. The average molecular weight is 399 g/mol. The zero-order valence-corrected chi connectivity index (χ0v) is 17.8. The van der Waals surface area contributed by atoms with E-state index in [1.165, 1.54) is 0 Å². The van der Waals surface area contributed by atoms with Crippen molar-refractivity contribution in [3.8, 4) is 0 Å². The maximum atomic E-state index is 13.4. The van der Waals surface area contributed by atoms with Crippen LogP contribution >= 0.6 is 0 Å². The lowest BCUT2D eigenvalue weighted by atomic mass is 9.71. The molecule has 5 nitrogen and oxygen atoms in total. The second-order valence-electron chi connectivity index (χ2n) is 8.66. The molecule has 1 saturated carbocycles. The third-order valence-corrected chi connectivity index (χ3v) is 9.24. The minimum atomic E-state index is -3.56. The van der Waals surface area contributed by atoms with E-state index in [2.05, 4.69) is 4.72 Å². The van der Waals surface area contributed by atoms with Gasteiger partial charge in [-0.2, -0.15) is 4.31 Å². The maximum absolute atomic E-state index is 13.4. The highest BCUT2D eigenvalue weighted by Gasteiger charge is 2.51. The van der Waals surface area contributed by atoms with Crippen molar-refractivity contribution >= 4 is 21.0 Å². The molecule has 2 atom stereocenters. The van der Waals surface area contributed by atoms with Crippen LogP contribution in [0.2, 0.25) is 0 Å². The van der Waals surface area contributed by atoms with Gasteiger partial charge < -0.3 is 0 Å². The molecule has 1 aromatic carbocycles. The maximum Gasteiger partial charge on any atom is 0.243 e. The lowest BCUT2D eigenvalue weighted by molar-refractivity contribution is 0.0399. The summed E-state index contributed by atoms with van der Waals surface area (Å²) in [5.41, 5.74) is 0.798. The Bertz CT molecular complexity index is 778. The van der Waals surface area contributed by atoms with Crippen molar-refractivity contribution < 1.29 is 12.6 Å². The molecular formula is C19H30N2O3S2. The van der Waals surface area contributed by atoms with Gasteiger partial charge in [0.1, 0.15) is 0 Å². The third-order valence-electron chi connectivity index (χ3n) is 5.60. The molecule has 0 unspecified atom stereocenters. The number of hydrogen-bond acceptors (Lipinski definition) is 3. The van der Waals surface area contributed by atoms with Gasteiger partial charge in [0, 0.05) is 18.1 Å². The van der Waals surface area contributed by atoms with Crippen LogP contribution in [0.4, 0.5) is 0 Å². The SMILES string of the molecule is Cc1ccc(S(=O)(=O)N2C[C@H](N[S@](=O)C(C)(C)C)CCC23CCC3)cc1. The molecule has 0 amide bonds. The number of piperidine rings is 1.